The van der Waals surface area contributed by atoms with Gasteiger partial charge in [0.2, 0.25) is 0 Å². The Morgan fingerprint density at radius 2 is 0.765 bits per heavy atom. The predicted octanol–water partition coefficient (Wildman–Crippen LogP) is 8.44. The zero-order chi connectivity index (χ0) is 24.0. The van der Waals surface area contributed by atoms with Crippen molar-refractivity contribution in [2.24, 2.45) is 0 Å². The summed E-state index contributed by atoms with van der Waals surface area (Å²) < 4.78 is 0. The number of rotatable bonds is 4. The minimum atomic E-state index is 0.380. The van der Waals surface area contributed by atoms with Crippen molar-refractivity contribution in [3.63, 3.8) is 0 Å². The second-order valence-electron chi connectivity index (χ2n) is 9.83. The minimum Gasteiger partial charge on any atom is -0.0732 e. The largest absolute Gasteiger partial charge is 0.0732 e. The van der Waals surface area contributed by atoms with Crippen LogP contribution in [0.4, 0.5) is 0 Å². The third-order valence-corrected chi connectivity index (χ3v) is 10.3. The van der Waals surface area contributed by atoms with Gasteiger partial charge in [0.1, 0.15) is 0 Å². The molecule has 5 rings (SSSR count). The van der Waals surface area contributed by atoms with Crippen LogP contribution in [0.15, 0.2) is 72.9 Å². The van der Waals surface area contributed by atoms with Gasteiger partial charge in [0.05, 0.1) is 0 Å². The molecule has 2 aliphatic carbocycles. The van der Waals surface area contributed by atoms with Gasteiger partial charge in [0, 0.05) is 32.3 Å². The molecule has 0 heterocycles. The van der Waals surface area contributed by atoms with Crippen LogP contribution in [0.2, 0.25) is 0 Å². The van der Waals surface area contributed by atoms with Crippen LogP contribution < -0.4 is 10.6 Å². The molecule has 0 fully saturated rings. The Morgan fingerprint density at radius 1 is 0.471 bits per heavy atom. The van der Waals surface area contributed by atoms with E-state index < -0.39 is 0 Å². The highest BCUT2D eigenvalue weighted by atomic mass is 31.1. The van der Waals surface area contributed by atoms with Crippen molar-refractivity contribution < 1.29 is 0 Å². The lowest BCUT2D eigenvalue weighted by Crippen LogP contribution is -2.12. The molecule has 3 aromatic rings. The maximum atomic E-state index is 2.36. The molecular formula is C32H32P2. The van der Waals surface area contributed by atoms with E-state index in [1.54, 1.807) is 0 Å². The molecule has 170 valence electrons. The van der Waals surface area contributed by atoms with Crippen LogP contribution in [0, 0.1) is 51.4 Å². The molecule has 2 heteroatoms. The van der Waals surface area contributed by atoms with Gasteiger partial charge < -0.3 is 0 Å². The fourth-order valence-electron chi connectivity index (χ4n) is 5.52. The molecule has 0 radical (unpaired) electrons. The van der Waals surface area contributed by atoms with Gasteiger partial charge in [-0.05, 0) is 74.9 Å². The first-order valence-corrected chi connectivity index (χ1v) is 13.9. The second kappa shape index (κ2) is 9.26. The van der Waals surface area contributed by atoms with Crippen molar-refractivity contribution in [2.75, 3.05) is 0 Å². The van der Waals surface area contributed by atoms with Gasteiger partial charge in [-0.3, -0.25) is 0 Å². The van der Waals surface area contributed by atoms with Crippen LogP contribution in [0.5, 0.6) is 0 Å². The van der Waals surface area contributed by atoms with Gasteiger partial charge in [0.15, 0.2) is 0 Å². The third-order valence-electron chi connectivity index (χ3n) is 6.91. The Morgan fingerprint density at radius 3 is 1.06 bits per heavy atom. The number of allylic oxidation sites excluding steroid dienone is 8. The van der Waals surface area contributed by atoms with Crippen molar-refractivity contribution in [1.29, 1.82) is 0 Å². The monoisotopic (exact) mass is 478 g/mol. The maximum absolute atomic E-state index is 2.36. The van der Waals surface area contributed by atoms with Crippen molar-refractivity contribution in [2.45, 2.75) is 53.4 Å². The highest BCUT2D eigenvalue weighted by Gasteiger charge is 2.26. The van der Waals surface area contributed by atoms with Gasteiger partial charge in [-0.2, -0.15) is 0 Å². The number of benzene rings is 2. The summed E-state index contributed by atoms with van der Waals surface area (Å²) in [6, 6.07) is 9.34. The van der Waals surface area contributed by atoms with Crippen molar-refractivity contribution >= 4 is 27.0 Å². The average molecular weight is 479 g/mol. The van der Waals surface area contributed by atoms with Crippen LogP contribution >= 0.6 is 16.4 Å². The van der Waals surface area contributed by atoms with Crippen molar-refractivity contribution in [1.82, 2.24) is 0 Å². The molecule has 0 saturated carbocycles. The van der Waals surface area contributed by atoms with E-state index in [1.165, 1.54) is 81.4 Å². The predicted molar refractivity (Wildman–Crippen MR) is 152 cm³/mol. The van der Waals surface area contributed by atoms with Crippen LogP contribution in [0.3, 0.4) is 0 Å². The zero-order valence-corrected chi connectivity index (χ0v) is 22.8. The SMILES string of the molecule is Cc1cc(C)c(P=c2c(C3C=CC=C3)c(C3C=CC=C3)c2=Pc2c(C)cc(C)cc2C)c(C)c1. The molecule has 0 unspecified atom stereocenters. The van der Waals surface area contributed by atoms with Gasteiger partial charge in [-0.1, -0.05) is 100 Å². The molecule has 0 amide bonds. The summed E-state index contributed by atoms with van der Waals surface area (Å²) in [4.78, 5) is 3.06. The molecule has 0 spiro atoms. The normalized spacial score (nSPS) is 16.8. The zero-order valence-electron chi connectivity index (χ0n) is 21.0. The summed E-state index contributed by atoms with van der Waals surface area (Å²) in [6.07, 6.45) is 18.3. The standard InChI is InChI=1S/C32H32P2/c1-19-15-21(3)29(22(4)16-19)33-31-27(25-11-7-8-12-25)28(26-13-9-10-14-26)32(31)34-30-23(5)17-20(2)18-24(30)6/h7-18,25-26H,1-6H3. The molecule has 0 N–H and O–H groups in total. The van der Waals surface area contributed by atoms with Gasteiger partial charge in [-0.15, -0.1) is 0 Å². The topological polar surface area (TPSA) is 0 Å². The molecule has 0 aromatic heterocycles. The van der Waals surface area contributed by atoms with E-state index in [2.05, 4.69) is 114 Å². The number of hydrogen-bond acceptors (Lipinski definition) is 0. The number of hydrogen-bond donors (Lipinski definition) is 0. The minimum absolute atomic E-state index is 0.380. The second-order valence-corrected chi connectivity index (χ2v) is 12.1. The molecule has 2 aliphatic rings. The summed E-state index contributed by atoms with van der Waals surface area (Å²) in [5, 5.41) is 2.93. The Hall–Kier alpha value is -2.52. The molecule has 0 atom stereocenters. The Labute approximate surface area is 207 Å². The first kappa shape index (κ1) is 23.2. The summed E-state index contributed by atoms with van der Waals surface area (Å²) in [5.41, 5.74) is 11.4. The first-order valence-electron chi connectivity index (χ1n) is 12.1. The summed E-state index contributed by atoms with van der Waals surface area (Å²) in [7, 11) is 2.68. The summed E-state index contributed by atoms with van der Waals surface area (Å²) in [6.45, 7) is 13.5. The van der Waals surface area contributed by atoms with Gasteiger partial charge >= 0.3 is 0 Å². The molecule has 0 saturated heterocycles. The Kier molecular flexibility index (Phi) is 6.33. The summed E-state index contributed by atoms with van der Waals surface area (Å²) >= 11 is 0. The number of aryl methyl sites for hydroxylation is 6. The molecular weight excluding hydrogens is 446 g/mol. The Bertz CT molecular complexity index is 1330. The van der Waals surface area contributed by atoms with Crippen LogP contribution in [-0.4, -0.2) is 0 Å². The maximum Gasteiger partial charge on any atom is 0.0218 e. The van der Waals surface area contributed by atoms with Gasteiger partial charge in [0.25, 0.3) is 0 Å². The van der Waals surface area contributed by atoms with E-state index in [0.29, 0.717) is 11.8 Å². The fourth-order valence-corrected chi connectivity index (χ4v) is 8.46. The smallest absolute Gasteiger partial charge is 0.0218 e. The van der Waals surface area contributed by atoms with Crippen LogP contribution in [0.1, 0.15) is 56.3 Å². The molecule has 0 nitrogen and oxygen atoms in total. The quantitative estimate of drug-likeness (QED) is 0.330. The highest BCUT2D eigenvalue weighted by Crippen LogP contribution is 2.43. The summed E-state index contributed by atoms with van der Waals surface area (Å²) in [5.74, 6) is 0.759. The van der Waals surface area contributed by atoms with Crippen LogP contribution in [0.25, 0.3) is 0 Å². The van der Waals surface area contributed by atoms with Crippen molar-refractivity contribution in [3.05, 3.63) is 127 Å². The van der Waals surface area contributed by atoms with Crippen molar-refractivity contribution in [3.8, 4) is 0 Å². The third kappa shape index (κ3) is 4.20. The molecule has 0 aliphatic heterocycles. The van der Waals surface area contributed by atoms with E-state index in [4.69, 9.17) is 0 Å². The van der Waals surface area contributed by atoms with E-state index in [-0.39, 0.29) is 0 Å². The molecule has 3 aromatic carbocycles. The lowest BCUT2D eigenvalue weighted by molar-refractivity contribution is 0.957. The average Bonchev–Trinajstić information content (AvgIpc) is 3.45. The highest BCUT2D eigenvalue weighted by molar-refractivity contribution is 7.42. The van der Waals surface area contributed by atoms with E-state index in [0.717, 1.165) is 0 Å². The molecule has 34 heavy (non-hydrogen) atoms. The van der Waals surface area contributed by atoms with Gasteiger partial charge in [-0.25, -0.2) is 0 Å². The van der Waals surface area contributed by atoms with E-state index in [1.807, 2.05) is 0 Å². The first-order chi connectivity index (χ1) is 16.3. The lowest BCUT2D eigenvalue weighted by Gasteiger charge is -2.24. The Balaban J connectivity index is 1.85. The van der Waals surface area contributed by atoms with E-state index in [9.17, 15) is 0 Å². The van der Waals surface area contributed by atoms with E-state index >= 15 is 0 Å². The van der Waals surface area contributed by atoms with Crippen LogP contribution in [-0.2, 0) is 0 Å². The fraction of sp³-hybridized carbons (Fsp3) is 0.250. The lowest BCUT2D eigenvalue weighted by atomic mass is 9.84. The molecule has 0 bridgehead atoms.